The van der Waals surface area contributed by atoms with E-state index >= 15 is 0 Å². The highest BCUT2D eigenvalue weighted by Gasteiger charge is 2.24. The Morgan fingerprint density at radius 1 is 1.15 bits per heavy atom. The van der Waals surface area contributed by atoms with Gasteiger partial charge < -0.3 is 9.80 Å². The molecule has 1 saturated carbocycles. The first kappa shape index (κ1) is 17.0. The van der Waals surface area contributed by atoms with Crippen molar-refractivity contribution in [1.29, 1.82) is 0 Å². The van der Waals surface area contributed by atoms with E-state index < -0.39 is 0 Å². The first-order valence-electron chi connectivity index (χ1n) is 9.44. The van der Waals surface area contributed by atoms with Crippen molar-refractivity contribution < 1.29 is 4.79 Å². The van der Waals surface area contributed by atoms with Crippen LogP contribution in [0.15, 0.2) is 17.1 Å². The van der Waals surface area contributed by atoms with Gasteiger partial charge in [-0.2, -0.15) is 4.98 Å². The molecule has 1 saturated heterocycles. The third-order valence-electron chi connectivity index (χ3n) is 5.68. The minimum atomic E-state index is 0.0351. The molecule has 2 aliphatic rings. The van der Waals surface area contributed by atoms with Gasteiger partial charge in [-0.1, -0.05) is 12.8 Å². The Morgan fingerprint density at radius 3 is 2.50 bits per heavy atom. The zero-order chi connectivity index (χ0) is 18.3. The molecule has 138 valence electrons. The number of carbonyl (C=O) groups excluding carboxylic acids is 1. The van der Waals surface area contributed by atoms with E-state index in [4.69, 9.17) is 4.98 Å². The van der Waals surface area contributed by atoms with Gasteiger partial charge in [0.25, 0.3) is 5.56 Å². The van der Waals surface area contributed by atoms with E-state index in [2.05, 4.69) is 9.88 Å². The summed E-state index contributed by atoms with van der Waals surface area (Å²) in [6, 6.07) is 1.94. The number of nitrogens with zero attached hydrogens (tertiary/aromatic N) is 5. The van der Waals surface area contributed by atoms with Crippen LogP contribution in [0.1, 0.15) is 44.2 Å². The highest BCUT2D eigenvalue weighted by Crippen LogP contribution is 2.31. The molecule has 0 aromatic carbocycles. The van der Waals surface area contributed by atoms with E-state index in [1.165, 1.54) is 0 Å². The number of piperazine rings is 1. The maximum Gasteiger partial charge on any atom is 0.252 e. The Hall–Kier alpha value is -2.44. The number of carbonyl (C=O) groups is 1. The van der Waals surface area contributed by atoms with E-state index in [0.29, 0.717) is 32.1 Å². The van der Waals surface area contributed by atoms with Crippen LogP contribution in [0.3, 0.4) is 0 Å². The zero-order valence-corrected chi connectivity index (χ0v) is 15.4. The number of amides is 1. The van der Waals surface area contributed by atoms with Crippen LogP contribution in [-0.2, 0) is 4.79 Å². The van der Waals surface area contributed by atoms with Gasteiger partial charge in [0.05, 0.1) is 0 Å². The molecule has 4 rings (SSSR count). The van der Waals surface area contributed by atoms with Gasteiger partial charge in [-0.3, -0.25) is 14.2 Å². The SMILES string of the molecule is CC(=O)N1CCN(c2ncc3c(C)cc(=O)n(C4CCCC4)c3n2)CC1. The van der Waals surface area contributed by atoms with Crippen LogP contribution in [0.25, 0.3) is 11.0 Å². The molecule has 1 amide bonds. The smallest absolute Gasteiger partial charge is 0.252 e. The summed E-state index contributed by atoms with van der Waals surface area (Å²) in [4.78, 5) is 37.5. The number of aromatic nitrogens is 3. The molecule has 26 heavy (non-hydrogen) atoms. The third-order valence-corrected chi connectivity index (χ3v) is 5.68. The summed E-state index contributed by atoms with van der Waals surface area (Å²) in [7, 11) is 0. The fraction of sp³-hybridized carbons (Fsp3) is 0.579. The van der Waals surface area contributed by atoms with Crippen LogP contribution in [0.5, 0.6) is 0 Å². The van der Waals surface area contributed by atoms with Gasteiger partial charge in [-0.25, -0.2) is 4.98 Å². The molecular formula is C19H25N5O2. The Morgan fingerprint density at radius 2 is 1.85 bits per heavy atom. The number of rotatable bonds is 2. The highest BCUT2D eigenvalue weighted by atomic mass is 16.2. The van der Waals surface area contributed by atoms with Gasteiger partial charge in [-0.05, 0) is 25.3 Å². The van der Waals surface area contributed by atoms with Gasteiger partial charge in [0.1, 0.15) is 5.65 Å². The first-order chi connectivity index (χ1) is 12.5. The molecule has 1 aliphatic heterocycles. The zero-order valence-electron chi connectivity index (χ0n) is 15.4. The Balaban J connectivity index is 1.73. The second-order valence-corrected chi connectivity index (χ2v) is 7.37. The average Bonchev–Trinajstić information content (AvgIpc) is 3.15. The summed E-state index contributed by atoms with van der Waals surface area (Å²) < 4.78 is 1.88. The van der Waals surface area contributed by atoms with Crippen molar-refractivity contribution in [2.45, 2.75) is 45.6 Å². The minimum Gasteiger partial charge on any atom is -0.339 e. The largest absolute Gasteiger partial charge is 0.339 e. The lowest BCUT2D eigenvalue weighted by atomic mass is 10.1. The molecule has 1 aliphatic carbocycles. The Kier molecular flexibility index (Phi) is 4.38. The fourth-order valence-corrected chi connectivity index (χ4v) is 4.15. The van der Waals surface area contributed by atoms with Gasteiger partial charge >= 0.3 is 0 Å². The molecule has 2 aromatic rings. The van der Waals surface area contributed by atoms with E-state index in [1.807, 2.05) is 22.6 Å². The fourth-order valence-electron chi connectivity index (χ4n) is 4.15. The molecule has 7 nitrogen and oxygen atoms in total. The van der Waals surface area contributed by atoms with Crippen LogP contribution < -0.4 is 10.5 Å². The second kappa shape index (κ2) is 6.70. The van der Waals surface area contributed by atoms with Gasteiger partial charge in [0, 0.05) is 56.8 Å². The molecule has 7 heteroatoms. The van der Waals surface area contributed by atoms with Crippen molar-refractivity contribution in [3.05, 3.63) is 28.2 Å². The lowest BCUT2D eigenvalue weighted by Crippen LogP contribution is -2.48. The summed E-state index contributed by atoms with van der Waals surface area (Å²) in [5.74, 6) is 0.757. The Bertz CT molecular complexity index is 893. The van der Waals surface area contributed by atoms with Crippen molar-refractivity contribution in [3.8, 4) is 0 Å². The van der Waals surface area contributed by atoms with Crippen molar-refractivity contribution >= 4 is 22.9 Å². The van der Waals surface area contributed by atoms with Crippen LogP contribution in [0.4, 0.5) is 5.95 Å². The number of hydrogen-bond acceptors (Lipinski definition) is 5. The van der Waals surface area contributed by atoms with E-state index in [-0.39, 0.29) is 17.5 Å². The minimum absolute atomic E-state index is 0.0351. The molecule has 2 fully saturated rings. The van der Waals surface area contributed by atoms with E-state index in [0.717, 1.165) is 42.3 Å². The average molecular weight is 355 g/mol. The molecule has 3 heterocycles. The monoisotopic (exact) mass is 355 g/mol. The topological polar surface area (TPSA) is 71.3 Å². The number of aryl methyl sites for hydroxylation is 1. The van der Waals surface area contributed by atoms with Crippen molar-refractivity contribution in [2.24, 2.45) is 0 Å². The molecule has 0 spiro atoms. The first-order valence-corrected chi connectivity index (χ1v) is 9.44. The van der Waals surface area contributed by atoms with Crippen molar-refractivity contribution in [3.63, 3.8) is 0 Å². The maximum atomic E-state index is 12.7. The van der Waals surface area contributed by atoms with Crippen LogP contribution in [0, 0.1) is 6.92 Å². The van der Waals surface area contributed by atoms with Crippen LogP contribution in [-0.4, -0.2) is 51.5 Å². The standard InChI is InChI=1S/C19H25N5O2/c1-13-11-17(26)24(15-5-3-4-6-15)18-16(13)12-20-19(21-18)23-9-7-22(8-10-23)14(2)25/h11-12,15H,3-10H2,1-2H3. The molecular weight excluding hydrogens is 330 g/mol. The summed E-state index contributed by atoms with van der Waals surface area (Å²) in [5, 5.41) is 0.947. The normalized spacial score (nSPS) is 18.7. The molecule has 0 unspecified atom stereocenters. The summed E-state index contributed by atoms with van der Waals surface area (Å²) >= 11 is 0. The van der Waals surface area contributed by atoms with E-state index in [9.17, 15) is 9.59 Å². The van der Waals surface area contributed by atoms with E-state index in [1.54, 1.807) is 13.0 Å². The summed E-state index contributed by atoms with van der Waals surface area (Å²) in [6.45, 7) is 6.33. The van der Waals surface area contributed by atoms with Gasteiger partial charge in [0.15, 0.2) is 0 Å². The summed E-state index contributed by atoms with van der Waals surface area (Å²) in [6.07, 6.45) is 6.24. The summed E-state index contributed by atoms with van der Waals surface area (Å²) in [5.41, 5.74) is 1.71. The molecule has 0 N–H and O–H groups in total. The second-order valence-electron chi connectivity index (χ2n) is 7.37. The molecule has 2 aromatic heterocycles. The predicted molar refractivity (Wildman–Crippen MR) is 101 cm³/mol. The van der Waals surface area contributed by atoms with Gasteiger partial charge in [-0.15, -0.1) is 0 Å². The number of hydrogen-bond donors (Lipinski definition) is 0. The van der Waals surface area contributed by atoms with Crippen molar-refractivity contribution in [2.75, 3.05) is 31.1 Å². The van der Waals surface area contributed by atoms with Gasteiger partial charge in [0.2, 0.25) is 11.9 Å². The lowest BCUT2D eigenvalue weighted by molar-refractivity contribution is -0.129. The quantitative estimate of drug-likeness (QED) is 0.823. The molecule has 0 radical (unpaired) electrons. The molecule has 0 atom stereocenters. The predicted octanol–water partition coefficient (Wildman–Crippen LogP) is 1.88. The van der Waals surface area contributed by atoms with Crippen molar-refractivity contribution in [1.82, 2.24) is 19.4 Å². The van der Waals surface area contributed by atoms with Crippen LogP contribution in [0.2, 0.25) is 0 Å². The number of fused-ring (bicyclic) bond motifs is 1. The highest BCUT2D eigenvalue weighted by molar-refractivity contribution is 5.79. The Labute approximate surface area is 152 Å². The lowest BCUT2D eigenvalue weighted by Gasteiger charge is -2.34. The maximum absolute atomic E-state index is 12.7. The number of anilines is 1. The third kappa shape index (κ3) is 2.95. The molecule has 0 bridgehead atoms. The van der Waals surface area contributed by atoms with Crippen LogP contribution >= 0.6 is 0 Å². The number of pyridine rings is 1.